The number of ether oxygens (including phenoxy) is 2. The maximum absolute atomic E-state index is 13.9. The van der Waals surface area contributed by atoms with E-state index in [2.05, 4.69) is 15.4 Å². The molecule has 2 atom stereocenters. The summed E-state index contributed by atoms with van der Waals surface area (Å²) in [4.78, 5) is 14.9. The van der Waals surface area contributed by atoms with Gasteiger partial charge in [-0.15, -0.1) is 0 Å². The molecule has 0 spiro atoms. The van der Waals surface area contributed by atoms with Crippen molar-refractivity contribution in [3.63, 3.8) is 0 Å². The van der Waals surface area contributed by atoms with Gasteiger partial charge in [0, 0.05) is 44.3 Å². The van der Waals surface area contributed by atoms with Gasteiger partial charge in [0.05, 0.1) is 25.4 Å². The molecule has 2 aliphatic rings. The molecule has 150 valence electrons. The van der Waals surface area contributed by atoms with E-state index < -0.39 is 5.82 Å². The molecule has 2 aliphatic heterocycles. The number of hydrogen-bond acceptors (Lipinski definition) is 6. The number of aromatic nitrogens is 1. The number of nitrogens with one attached hydrogen (secondary N) is 1. The van der Waals surface area contributed by atoms with Gasteiger partial charge in [-0.25, -0.2) is 4.39 Å². The molecule has 1 amide bonds. The van der Waals surface area contributed by atoms with Crippen LogP contribution in [0, 0.1) is 11.7 Å². The molecular weight excluding hydrogens is 365 g/mol. The normalized spacial score (nSPS) is 21.5. The zero-order valence-electron chi connectivity index (χ0n) is 15.6. The van der Waals surface area contributed by atoms with Crippen LogP contribution < -0.4 is 5.32 Å². The fourth-order valence-electron chi connectivity index (χ4n) is 3.82. The van der Waals surface area contributed by atoms with Crippen molar-refractivity contribution in [1.29, 1.82) is 0 Å². The van der Waals surface area contributed by atoms with Crippen LogP contribution in [0.4, 0.5) is 4.39 Å². The maximum Gasteiger partial charge on any atom is 0.273 e. The van der Waals surface area contributed by atoms with Crippen LogP contribution in [0.2, 0.25) is 0 Å². The van der Waals surface area contributed by atoms with Crippen molar-refractivity contribution in [3.05, 3.63) is 41.8 Å². The van der Waals surface area contributed by atoms with Gasteiger partial charge < -0.3 is 19.3 Å². The molecule has 0 saturated carbocycles. The second-order valence-corrected chi connectivity index (χ2v) is 7.11. The number of nitrogens with zero attached hydrogens (tertiary/aromatic N) is 2. The molecule has 4 rings (SSSR count). The van der Waals surface area contributed by atoms with Crippen molar-refractivity contribution < 1.29 is 23.2 Å². The van der Waals surface area contributed by atoms with E-state index in [0.717, 1.165) is 26.1 Å². The lowest BCUT2D eigenvalue weighted by Crippen LogP contribution is -2.52. The van der Waals surface area contributed by atoms with E-state index in [1.807, 2.05) is 0 Å². The fraction of sp³-hybridized carbons (Fsp3) is 0.500. The summed E-state index contributed by atoms with van der Waals surface area (Å²) in [6.45, 7) is 5.06. The molecular formula is C20H24FN3O4. The highest BCUT2D eigenvalue weighted by Gasteiger charge is 2.32. The average Bonchev–Trinajstić information content (AvgIpc) is 3.42. The Morgan fingerprint density at radius 3 is 2.82 bits per heavy atom. The molecule has 2 fully saturated rings. The zero-order chi connectivity index (χ0) is 19.3. The summed E-state index contributed by atoms with van der Waals surface area (Å²) in [6, 6.07) is 7.89. The van der Waals surface area contributed by atoms with E-state index in [1.54, 1.807) is 18.2 Å². The Morgan fingerprint density at radius 2 is 2.07 bits per heavy atom. The summed E-state index contributed by atoms with van der Waals surface area (Å²) in [7, 11) is 0. The minimum absolute atomic E-state index is 0.140. The largest absolute Gasteiger partial charge is 0.381 e. The quantitative estimate of drug-likeness (QED) is 0.814. The molecule has 2 saturated heterocycles. The Kier molecular flexibility index (Phi) is 5.99. The van der Waals surface area contributed by atoms with Crippen LogP contribution in [0.15, 0.2) is 34.9 Å². The van der Waals surface area contributed by atoms with Crippen LogP contribution in [-0.4, -0.2) is 68.1 Å². The Labute approximate surface area is 162 Å². The van der Waals surface area contributed by atoms with E-state index in [0.29, 0.717) is 32.3 Å². The second kappa shape index (κ2) is 8.81. The predicted octanol–water partition coefficient (Wildman–Crippen LogP) is 1.95. The molecule has 8 heteroatoms. The first kappa shape index (κ1) is 19.0. The van der Waals surface area contributed by atoms with Crippen LogP contribution in [0.5, 0.6) is 0 Å². The molecule has 0 radical (unpaired) electrons. The Morgan fingerprint density at radius 1 is 1.25 bits per heavy atom. The van der Waals surface area contributed by atoms with Gasteiger partial charge in [-0.3, -0.25) is 9.69 Å². The van der Waals surface area contributed by atoms with Gasteiger partial charge in [0.25, 0.3) is 5.91 Å². The molecule has 3 heterocycles. The van der Waals surface area contributed by atoms with E-state index >= 15 is 0 Å². The standard InChI is InChI=1S/C20H24FN3O4/c21-16-4-2-1-3-15(16)19-11-17(23-28-19)20(25)22-12-18(14-5-8-27-13-14)24-6-9-26-10-7-24/h1-4,11,14,18H,5-10,12-13H2,(H,22,25). The van der Waals surface area contributed by atoms with Gasteiger partial charge in [0.1, 0.15) is 5.82 Å². The highest BCUT2D eigenvalue weighted by molar-refractivity contribution is 5.93. The monoisotopic (exact) mass is 389 g/mol. The number of halogens is 1. The van der Waals surface area contributed by atoms with E-state index in [1.165, 1.54) is 12.1 Å². The van der Waals surface area contributed by atoms with Gasteiger partial charge in [0.2, 0.25) is 0 Å². The summed E-state index contributed by atoms with van der Waals surface area (Å²) in [5.74, 6) is -0.135. The molecule has 7 nitrogen and oxygen atoms in total. The van der Waals surface area contributed by atoms with Crippen molar-refractivity contribution in [1.82, 2.24) is 15.4 Å². The van der Waals surface area contributed by atoms with Crippen LogP contribution in [-0.2, 0) is 9.47 Å². The number of morpholine rings is 1. The Bertz CT molecular complexity index is 800. The molecule has 0 aliphatic carbocycles. The van der Waals surface area contributed by atoms with Crippen molar-refractivity contribution in [2.24, 2.45) is 5.92 Å². The Hall–Kier alpha value is -2.29. The molecule has 1 aromatic carbocycles. The van der Waals surface area contributed by atoms with Crippen LogP contribution in [0.3, 0.4) is 0 Å². The van der Waals surface area contributed by atoms with Gasteiger partial charge in [0.15, 0.2) is 11.5 Å². The summed E-state index contributed by atoms with van der Waals surface area (Å²) in [5.41, 5.74) is 0.421. The van der Waals surface area contributed by atoms with Gasteiger partial charge in [-0.2, -0.15) is 0 Å². The summed E-state index contributed by atoms with van der Waals surface area (Å²) >= 11 is 0. The van der Waals surface area contributed by atoms with Gasteiger partial charge >= 0.3 is 0 Å². The third-order valence-corrected chi connectivity index (χ3v) is 5.38. The van der Waals surface area contributed by atoms with Crippen molar-refractivity contribution in [3.8, 4) is 11.3 Å². The number of carbonyl (C=O) groups is 1. The number of carbonyl (C=O) groups excluding carboxylic acids is 1. The minimum Gasteiger partial charge on any atom is -0.381 e. The molecule has 1 aromatic heterocycles. The maximum atomic E-state index is 13.9. The van der Waals surface area contributed by atoms with Crippen molar-refractivity contribution >= 4 is 5.91 Å². The predicted molar refractivity (Wildman–Crippen MR) is 99.3 cm³/mol. The first-order chi connectivity index (χ1) is 13.7. The van der Waals surface area contributed by atoms with Gasteiger partial charge in [-0.05, 0) is 18.6 Å². The lowest BCUT2D eigenvalue weighted by Gasteiger charge is -2.37. The molecule has 2 aromatic rings. The third-order valence-electron chi connectivity index (χ3n) is 5.38. The lowest BCUT2D eigenvalue weighted by atomic mass is 9.97. The van der Waals surface area contributed by atoms with Crippen LogP contribution in [0.25, 0.3) is 11.3 Å². The second-order valence-electron chi connectivity index (χ2n) is 7.11. The first-order valence-electron chi connectivity index (χ1n) is 9.62. The molecule has 2 unspecified atom stereocenters. The SMILES string of the molecule is O=C(NCC(C1CCOC1)N1CCOCC1)c1cc(-c2ccccc2F)on1. The minimum atomic E-state index is -0.417. The van der Waals surface area contributed by atoms with Crippen LogP contribution >= 0.6 is 0 Å². The zero-order valence-corrected chi connectivity index (χ0v) is 15.6. The third kappa shape index (κ3) is 4.24. The number of rotatable bonds is 6. The highest BCUT2D eigenvalue weighted by atomic mass is 19.1. The van der Waals surface area contributed by atoms with Crippen molar-refractivity contribution in [2.45, 2.75) is 12.5 Å². The molecule has 0 bridgehead atoms. The summed E-state index contributed by atoms with van der Waals surface area (Å²) in [5, 5.41) is 6.77. The van der Waals surface area contributed by atoms with E-state index in [9.17, 15) is 9.18 Å². The highest BCUT2D eigenvalue weighted by Crippen LogP contribution is 2.24. The molecule has 28 heavy (non-hydrogen) atoms. The number of amides is 1. The van der Waals surface area contributed by atoms with E-state index in [4.69, 9.17) is 14.0 Å². The smallest absolute Gasteiger partial charge is 0.273 e. The average molecular weight is 389 g/mol. The lowest BCUT2D eigenvalue weighted by molar-refractivity contribution is 0.00164. The van der Waals surface area contributed by atoms with Crippen molar-refractivity contribution in [2.75, 3.05) is 46.1 Å². The topological polar surface area (TPSA) is 76.8 Å². The first-order valence-corrected chi connectivity index (χ1v) is 9.62. The fourth-order valence-corrected chi connectivity index (χ4v) is 3.82. The van der Waals surface area contributed by atoms with Crippen LogP contribution in [0.1, 0.15) is 16.9 Å². The number of benzene rings is 1. The summed E-state index contributed by atoms with van der Waals surface area (Å²) in [6.07, 6.45) is 0.985. The Balaban J connectivity index is 1.41. The number of hydrogen-bond donors (Lipinski definition) is 1. The summed E-state index contributed by atoms with van der Waals surface area (Å²) < 4.78 is 30.1. The van der Waals surface area contributed by atoms with Gasteiger partial charge in [-0.1, -0.05) is 17.3 Å². The molecule has 1 N–H and O–H groups in total. The van der Waals surface area contributed by atoms with E-state index in [-0.39, 0.29) is 29.0 Å².